The van der Waals surface area contributed by atoms with E-state index in [2.05, 4.69) is 21.7 Å². The maximum atomic E-state index is 14.8. The third-order valence-electron chi connectivity index (χ3n) is 4.49. The van der Waals surface area contributed by atoms with Gasteiger partial charge in [0.05, 0.1) is 11.7 Å². The minimum Gasteiger partial charge on any atom is -0.342 e. The first-order valence-electron chi connectivity index (χ1n) is 8.99. The van der Waals surface area contributed by atoms with E-state index in [-0.39, 0.29) is 23.1 Å². The normalized spacial score (nSPS) is 12.6. The summed E-state index contributed by atoms with van der Waals surface area (Å²) in [5.74, 6) is -1.02. The lowest BCUT2D eigenvalue weighted by molar-refractivity contribution is 0.112. The Labute approximate surface area is 167 Å². The van der Waals surface area contributed by atoms with E-state index in [4.69, 9.17) is 0 Å². The van der Waals surface area contributed by atoms with Gasteiger partial charge in [0.15, 0.2) is 17.9 Å². The largest absolute Gasteiger partial charge is 0.342 e. The molecule has 2 aromatic heterocycles. The van der Waals surface area contributed by atoms with Gasteiger partial charge in [-0.05, 0) is 57.8 Å². The summed E-state index contributed by atoms with van der Waals surface area (Å²) in [4.78, 5) is 22.3. The van der Waals surface area contributed by atoms with Crippen LogP contribution in [0.1, 0.15) is 41.5 Å². The molecule has 7 heteroatoms. The second kappa shape index (κ2) is 8.26. The number of hydrogen-bond donors (Lipinski definition) is 0. The van der Waals surface area contributed by atoms with Crippen molar-refractivity contribution in [1.29, 1.82) is 0 Å². The number of carbonyl (C=O) groups is 1. The molecule has 3 rings (SSSR count). The van der Waals surface area contributed by atoms with Crippen molar-refractivity contribution in [2.75, 3.05) is 0 Å². The quantitative estimate of drug-likeness (QED) is 0.402. The van der Waals surface area contributed by atoms with Gasteiger partial charge in [0.2, 0.25) is 0 Å². The third-order valence-corrected chi connectivity index (χ3v) is 4.49. The van der Waals surface area contributed by atoms with Crippen LogP contribution in [0.5, 0.6) is 0 Å². The van der Waals surface area contributed by atoms with Crippen LogP contribution < -0.4 is 0 Å². The third kappa shape index (κ3) is 4.03. The number of hydrogen-bond acceptors (Lipinski definition) is 4. The van der Waals surface area contributed by atoms with E-state index in [0.29, 0.717) is 22.8 Å². The first-order valence-corrected chi connectivity index (χ1v) is 8.99. The number of allylic oxidation sites excluding steroid dienone is 1. The van der Waals surface area contributed by atoms with Crippen LogP contribution in [0.15, 0.2) is 52.3 Å². The number of aromatic nitrogens is 2. The summed E-state index contributed by atoms with van der Waals surface area (Å²) >= 11 is 0. The zero-order chi connectivity index (χ0) is 21.1. The molecule has 0 radical (unpaired) electrons. The summed E-state index contributed by atoms with van der Waals surface area (Å²) in [5.41, 5.74) is 2.10. The van der Waals surface area contributed by atoms with Crippen LogP contribution in [0.4, 0.5) is 14.6 Å². The molecule has 0 bridgehead atoms. The van der Waals surface area contributed by atoms with Gasteiger partial charge >= 0.3 is 0 Å². The first kappa shape index (κ1) is 20.3. The molecule has 0 saturated carbocycles. The molecule has 5 nitrogen and oxygen atoms in total. The van der Waals surface area contributed by atoms with Crippen molar-refractivity contribution in [3.63, 3.8) is 0 Å². The number of aryl methyl sites for hydroxylation is 1. The van der Waals surface area contributed by atoms with Gasteiger partial charge < -0.3 is 4.57 Å². The predicted octanol–water partition coefficient (Wildman–Crippen LogP) is 5.62. The van der Waals surface area contributed by atoms with Crippen molar-refractivity contribution in [1.82, 2.24) is 9.55 Å². The van der Waals surface area contributed by atoms with Crippen molar-refractivity contribution in [3.05, 3.63) is 65.0 Å². The van der Waals surface area contributed by atoms with Crippen LogP contribution in [0, 0.1) is 12.7 Å². The fraction of sp³-hybridized carbons (Fsp3) is 0.182. The van der Waals surface area contributed by atoms with E-state index in [1.54, 1.807) is 12.1 Å². The molecule has 0 aliphatic rings. The van der Waals surface area contributed by atoms with E-state index in [0.717, 1.165) is 11.9 Å². The molecule has 0 unspecified atom stereocenters. The van der Waals surface area contributed by atoms with Crippen LogP contribution >= 0.6 is 0 Å². The van der Waals surface area contributed by atoms with Crippen LogP contribution in [0.25, 0.3) is 16.6 Å². The molecule has 0 aliphatic carbocycles. The Morgan fingerprint density at radius 3 is 2.62 bits per heavy atom. The van der Waals surface area contributed by atoms with E-state index in [1.807, 2.05) is 25.3 Å². The summed E-state index contributed by atoms with van der Waals surface area (Å²) in [6.45, 7) is 9.31. The maximum absolute atomic E-state index is 14.8. The van der Waals surface area contributed by atoms with E-state index >= 15 is 0 Å². The lowest BCUT2D eigenvalue weighted by Gasteiger charge is -2.13. The van der Waals surface area contributed by atoms with Crippen LogP contribution in [-0.4, -0.2) is 28.8 Å². The Morgan fingerprint density at radius 2 is 2.03 bits per heavy atom. The monoisotopic (exact) mass is 394 g/mol. The van der Waals surface area contributed by atoms with Gasteiger partial charge in [-0.2, -0.15) is 0 Å². The Balaban J connectivity index is 2.06. The lowest BCUT2D eigenvalue weighted by atomic mass is 10.1. The van der Waals surface area contributed by atoms with Gasteiger partial charge in [-0.3, -0.25) is 9.79 Å². The van der Waals surface area contributed by atoms with Crippen LogP contribution in [0.2, 0.25) is 0 Å². The highest BCUT2D eigenvalue weighted by Crippen LogP contribution is 2.31. The number of carbonyl (C=O) groups excluding carboxylic acids is 1. The number of rotatable bonds is 6. The molecular weight excluding hydrogens is 374 g/mol. The minimum absolute atomic E-state index is 0.109. The van der Waals surface area contributed by atoms with Crippen molar-refractivity contribution in [2.45, 2.75) is 26.8 Å². The van der Waals surface area contributed by atoms with Gasteiger partial charge in [-0.25, -0.2) is 18.8 Å². The number of aliphatic imine (C=N–C) groups is 2. The van der Waals surface area contributed by atoms with E-state index < -0.39 is 11.6 Å². The van der Waals surface area contributed by atoms with Crippen molar-refractivity contribution in [3.8, 4) is 0 Å². The Kier molecular flexibility index (Phi) is 5.77. The zero-order valence-corrected chi connectivity index (χ0v) is 16.4. The number of nitrogens with zero attached hydrogens (tertiary/aromatic N) is 4. The Hall–Kier alpha value is -3.48. The fourth-order valence-corrected chi connectivity index (χ4v) is 3.27. The molecule has 0 atom stereocenters. The molecule has 2 heterocycles. The van der Waals surface area contributed by atoms with Gasteiger partial charge in [0.25, 0.3) is 0 Å². The highest BCUT2D eigenvalue weighted by molar-refractivity contribution is 5.93. The molecule has 0 aliphatic heterocycles. The molecule has 3 aromatic rings. The molecule has 0 saturated heterocycles. The van der Waals surface area contributed by atoms with E-state index in [1.165, 1.54) is 24.4 Å². The number of halogens is 2. The highest BCUT2D eigenvalue weighted by Gasteiger charge is 2.16. The second-order valence-electron chi connectivity index (χ2n) is 6.82. The SMILES string of the molecule is C=N/C(=C(/F)C=Nc1ccc(C=O)cn1)c1cc(F)c2cc(C)n(C(C)C)c2c1. The Bertz CT molecular complexity index is 1140. The van der Waals surface area contributed by atoms with Gasteiger partial charge in [-0.1, -0.05) is 0 Å². The molecule has 29 heavy (non-hydrogen) atoms. The fourth-order valence-electron chi connectivity index (χ4n) is 3.27. The summed E-state index contributed by atoms with van der Waals surface area (Å²) in [6.07, 6.45) is 2.93. The number of pyridine rings is 1. The maximum Gasteiger partial charge on any atom is 0.167 e. The zero-order valence-electron chi connectivity index (χ0n) is 16.4. The van der Waals surface area contributed by atoms with Crippen LogP contribution in [0.3, 0.4) is 0 Å². The summed E-state index contributed by atoms with van der Waals surface area (Å²) in [6, 6.07) is 7.82. The van der Waals surface area contributed by atoms with Gasteiger partial charge in [0.1, 0.15) is 11.5 Å². The van der Waals surface area contributed by atoms with E-state index in [9.17, 15) is 13.6 Å². The van der Waals surface area contributed by atoms with Crippen molar-refractivity contribution < 1.29 is 13.6 Å². The van der Waals surface area contributed by atoms with Gasteiger partial charge in [0, 0.05) is 34.4 Å². The van der Waals surface area contributed by atoms with Crippen molar-refractivity contribution in [2.24, 2.45) is 9.98 Å². The molecule has 1 aromatic carbocycles. The average Bonchev–Trinajstić information content (AvgIpc) is 3.04. The molecule has 0 fully saturated rings. The highest BCUT2D eigenvalue weighted by atomic mass is 19.1. The topological polar surface area (TPSA) is 59.6 Å². The van der Waals surface area contributed by atoms with Gasteiger partial charge in [-0.15, -0.1) is 0 Å². The summed E-state index contributed by atoms with van der Waals surface area (Å²) in [7, 11) is 0. The molecular formula is C22H20F2N4O. The summed E-state index contributed by atoms with van der Waals surface area (Å²) < 4.78 is 31.4. The standard InChI is InChI=1S/C22H20F2N4O/c1-13(2)28-14(3)7-17-18(23)8-16(9-20(17)28)22(25-4)19(24)11-27-21-6-5-15(12-29)10-26-21/h5-13H,4H2,1-3H3/b22-19+,27-11?. The molecule has 0 spiro atoms. The number of fused-ring (bicyclic) bond motifs is 1. The smallest absolute Gasteiger partial charge is 0.167 e. The van der Waals surface area contributed by atoms with Crippen LogP contribution in [-0.2, 0) is 0 Å². The predicted molar refractivity (Wildman–Crippen MR) is 112 cm³/mol. The Morgan fingerprint density at radius 1 is 1.28 bits per heavy atom. The molecule has 0 N–H and O–H groups in total. The number of aldehydes is 1. The summed E-state index contributed by atoms with van der Waals surface area (Å²) in [5, 5.41) is 0.469. The van der Waals surface area contributed by atoms with Crippen molar-refractivity contribution >= 4 is 41.6 Å². The first-order chi connectivity index (χ1) is 13.8. The molecule has 148 valence electrons. The minimum atomic E-state index is -0.778. The number of benzene rings is 1. The average molecular weight is 394 g/mol. The lowest BCUT2D eigenvalue weighted by Crippen LogP contribution is -2.02. The second-order valence-corrected chi connectivity index (χ2v) is 6.82. The molecule has 0 amide bonds.